The highest BCUT2D eigenvalue weighted by Crippen LogP contribution is 2.35. The summed E-state index contributed by atoms with van der Waals surface area (Å²) in [6.45, 7) is 0.339. The Kier molecular flexibility index (Phi) is 4.87. The molecular formula is C22H18FN3O3. The minimum Gasteiger partial charge on any atom is -0.495 e. The number of amides is 2. The summed E-state index contributed by atoms with van der Waals surface area (Å²) in [6.07, 6.45) is 0. The van der Waals surface area contributed by atoms with Crippen LogP contribution in [0.2, 0.25) is 0 Å². The fourth-order valence-corrected chi connectivity index (χ4v) is 3.26. The number of ether oxygens (including phenoxy) is 1. The molecular weight excluding hydrogens is 373 g/mol. The van der Waals surface area contributed by atoms with Gasteiger partial charge in [-0.25, -0.2) is 4.39 Å². The van der Waals surface area contributed by atoms with Crippen molar-refractivity contribution in [1.82, 2.24) is 5.32 Å². The molecule has 1 aliphatic heterocycles. The number of nitrogens with one attached hydrogen (secondary N) is 3. The number of hydrogen-bond donors (Lipinski definition) is 3. The zero-order valence-electron chi connectivity index (χ0n) is 15.6. The van der Waals surface area contributed by atoms with E-state index in [-0.39, 0.29) is 5.91 Å². The molecule has 0 saturated carbocycles. The van der Waals surface area contributed by atoms with E-state index in [1.165, 1.54) is 24.3 Å². The van der Waals surface area contributed by atoms with Crippen molar-refractivity contribution < 1.29 is 18.7 Å². The van der Waals surface area contributed by atoms with Crippen molar-refractivity contribution in [2.24, 2.45) is 0 Å². The van der Waals surface area contributed by atoms with Gasteiger partial charge in [-0.1, -0.05) is 12.1 Å². The molecule has 0 aliphatic carbocycles. The molecule has 0 spiro atoms. The van der Waals surface area contributed by atoms with Gasteiger partial charge in [0.15, 0.2) is 0 Å². The van der Waals surface area contributed by atoms with Gasteiger partial charge in [-0.3, -0.25) is 9.59 Å². The molecule has 0 bridgehead atoms. The van der Waals surface area contributed by atoms with E-state index in [1.54, 1.807) is 19.2 Å². The number of benzene rings is 3. The average Bonchev–Trinajstić information content (AvgIpc) is 3.13. The molecule has 0 aromatic heterocycles. The van der Waals surface area contributed by atoms with Crippen molar-refractivity contribution in [3.05, 3.63) is 83.2 Å². The predicted molar refractivity (Wildman–Crippen MR) is 108 cm³/mol. The topological polar surface area (TPSA) is 79.5 Å². The van der Waals surface area contributed by atoms with Crippen LogP contribution in [0, 0.1) is 5.82 Å². The normalized spacial score (nSPS) is 12.1. The number of methoxy groups -OCH3 is 1. The number of carbonyl (C=O) groups excluding carboxylic acids is 2. The minimum atomic E-state index is -0.423. The molecule has 6 nitrogen and oxygen atoms in total. The van der Waals surface area contributed by atoms with E-state index >= 15 is 0 Å². The molecule has 2 amide bonds. The SMILES string of the molecule is COc1ccccc1Nc1ccc(NC(=O)c2ccc(F)cc2)c2c1CNC2=O. The standard InChI is InChI=1S/C22H18FN3O3/c1-29-19-5-3-2-4-17(19)25-16-10-11-18(20-15(16)12-24-22(20)28)26-21(27)13-6-8-14(23)9-7-13/h2-11,25H,12H2,1H3,(H,24,28)(H,26,27). The number of anilines is 3. The summed E-state index contributed by atoms with van der Waals surface area (Å²) >= 11 is 0. The number of fused-ring (bicyclic) bond motifs is 1. The highest BCUT2D eigenvalue weighted by atomic mass is 19.1. The fourth-order valence-electron chi connectivity index (χ4n) is 3.26. The van der Waals surface area contributed by atoms with Crippen LogP contribution in [0.4, 0.5) is 21.5 Å². The van der Waals surface area contributed by atoms with Crippen molar-refractivity contribution in [2.45, 2.75) is 6.54 Å². The van der Waals surface area contributed by atoms with Crippen LogP contribution in [0.5, 0.6) is 5.75 Å². The lowest BCUT2D eigenvalue weighted by atomic mass is 10.0. The van der Waals surface area contributed by atoms with Crippen molar-refractivity contribution in [3.63, 3.8) is 0 Å². The van der Waals surface area contributed by atoms with Crippen LogP contribution in [-0.4, -0.2) is 18.9 Å². The number of para-hydroxylation sites is 2. The molecule has 0 fully saturated rings. The molecule has 4 rings (SSSR count). The van der Waals surface area contributed by atoms with Gasteiger partial charge in [0, 0.05) is 23.4 Å². The molecule has 3 N–H and O–H groups in total. The number of carbonyl (C=O) groups is 2. The summed E-state index contributed by atoms with van der Waals surface area (Å²) in [5, 5.41) is 8.83. The van der Waals surface area contributed by atoms with Crippen LogP contribution in [0.3, 0.4) is 0 Å². The first-order valence-electron chi connectivity index (χ1n) is 8.98. The Morgan fingerprint density at radius 2 is 1.72 bits per heavy atom. The molecule has 0 atom stereocenters. The average molecular weight is 391 g/mol. The maximum Gasteiger partial charge on any atom is 0.255 e. The van der Waals surface area contributed by atoms with E-state index < -0.39 is 11.7 Å². The van der Waals surface area contributed by atoms with E-state index in [0.29, 0.717) is 29.1 Å². The summed E-state index contributed by atoms with van der Waals surface area (Å²) in [4.78, 5) is 24.9. The summed E-state index contributed by atoms with van der Waals surface area (Å²) in [6, 6.07) is 16.1. The van der Waals surface area contributed by atoms with E-state index in [1.807, 2.05) is 24.3 Å². The smallest absolute Gasteiger partial charge is 0.255 e. The van der Waals surface area contributed by atoms with Crippen molar-refractivity contribution in [2.75, 3.05) is 17.7 Å². The first kappa shape index (κ1) is 18.5. The van der Waals surface area contributed by atoms with Gasteiger partial charge in [0.25, 0.3) is 11.8 Å². The molecule has 7 heteroatoms. The molecule has 1 aliphatic rings. The first-order valence-corrected chi connectivity index (χ1v) is 8.98. The fraction of sp³-hybridized carbons (Fsp3) is 0.0909. The second-order valence-corrected chi connectivity index (χ2v) is 6.48. The van der Waals surface area contributed by atoms with E-state index in [4.69, 9.17) is 4.74 Å². The molecule has 29 heavy (non-hydrogen) atoms. The van der Waals surface area contributed by atoms with Crippen LogP contribution < -0.4 is 20.7 Å². The minimum absolute atomic E-state index is 0.266. The Morgan fingerprint density at radius 1 is 1.00 bits per heavy atom. The second-order valence-electron chi connectivity index (χ2n) is 6.48. The second kappa shape index (κ2) is 7.63. The maximum absolute atomic E-state index is 13.1. The summed E-state index contributed by atoms with van der Waals surface area (Å²) in [5.74, 6) is -0.434. The molecule has 0 unspecified atom stereocenters. The maximum atomic E-state index is 13.1. The zero-order chi connectivity index (χ0) is 20.4. The molecule has 0 radical (unpaired) electrons. The third-order valence-corrected chi connectivity index (χ3v) is 4.70. The first-order chi connectivity index (χ1) is 14.1. The van der Waals surface area contributed by atoms with Crippen LogP contribution in [0.15, 0.2) is 60.7 Å². The predicted octanol–water partition coefficient (Wildman–Crippen LogP) is 4.07. The van der Waals surface area contributed by atoms with Crippen LogP contribution in [0.1, 0.15) is 26.3 Å². The van der Waals surface area contributed by atoms with Gasteiger partial charge >= 0.3 is 0 Å². The monoisotopic (exact) mass is 391 g/mol. The third kappa shape index (κ3) is 3.62. The van der Waals surface area contributed by atoms with Gasteiger partial charge in [-0.2, -0.15) is 0 Å². The Balaban J connectivity index is 1.65. The quantitative estimate of drug-likeness (QED) is 0.613. The lowest BCUT2D eigenvalue weighted by Gasteiger charge is -2.16. The summed E-state index contributed by atoms with van der Waals surface area (Å²) in [7, 11) is 1.59. The Hall–Kier alpha value is -3.87. The van der Waals surface area contributed by atoms with E-state index in [9.17, 15) is 14.0 Å². The lowest BCUT2D eigenvalue weighted by Crippen LogP contribution is -2.17. The largest absolute Gasteiger partial charge is 0.495 e. The van der Waals surface area contributed by atoms with Gasteiger partial charge in [-0.05, 0) is 48.5 Å². The van der Waals surface area contributed by atoms with Gasteiger partial charge in [-0.15, -0.1) is 0 Å². The van der Waals surface area contributed by atoms with Gasteiger partial charge in [0.1, 0.15) is 11.6 Å². The Labute approximate surface area is 166 Å². The highest BCUT2D eigenvalue weighted by molar-refractivity contribution is 6.11. The lowest BCUT2D eigenvalue weighted by molar-refractivity contribution is 0.0966. The molecule has 146 valence electrons. The van der Waals surface area contributed by atoms with Crippen molar-refractivity contribution in [1.29, 1.82) is 0 Å². The Bertz CT molecular complexity index is 1100. The number of rotatable bonds is 5. The molecule has 0 saturated heterocycles. The third-order valence-electron chi connectivity index (χ3n) is 4.70. The number of halogens is 1. The molecule has 3 aromatic carbocycles. The van der Waals surface area contributed by atoms with E-state index in [0.717, 1.165) is 16.9 Å². The Morgan fingerprint density at radius 3 is 2.48 bits per heavy atom. The van der Waals surface area contributed by atoms with Crippen molar-refractivity contribution in [3.8, 4) is 5.75 Å². The number of hydrogen-bond acceptors (Lipinski definition) is 4. The van der Waals surface area contributed by atoms with Crippen LogP contribution in [-0.2, 0) is 6.54 Å². The van der Waals surface area contributed by atoms with Gasteiger partial charge in [0.2, 0.25) is 0 Å². The molecule has 3 aromatic rings. The summed E-state index contributed by atoms with van der Waals surface area (Å²) < 4.78 is 18.4. The zero-order valence-corrected chi connectivity index (χ0v) is 15.6. The van der Waals surface area contributed by atoms with Gasteiger partial charge < -0.3 is 20.7 Å². The van der Waals surface area contributed by atoms with Gasteiger partial charge in [0.05, 0.1) is 24.0 Å². The summed E-state index contributed by atoms with van der Waals surface area (Å²) in [5.41, 5.74) is 3.35. The van der Waals surface area contributed by atoms with E-state index in [2.05, 4.69) is 16.0 Å². The van der Waals surface area contributed by atoms with Crippen molar-refractivity contribution >= 4 is 28.9 Å². The molecule has 1 heterocycles. The van der Waals surface area contributed by atoms with Crippen LogP contribution >= 0.6 is 0 Å². The van der Waals surface area contributed by atoms with Crippen LogP contribution in [0.25, 0.3) is 0 Å². The highest BCUT2D eigenvalue weighted by Gasteiger charge is 2.26.